The third-order valence-corrected chi connectivity index (χ3v) is 7.00. The summed E-state index contributed by atoms with van der Waals surface area (Å²) >= 11 is 2.84. The van der Waals surface area contributed by atoms with Crippen LogP contribution in [0.4, 0.5) is 0 Å². The summed E-state index contributed by atoms with van der Waals surface area (Å²) in [6.07, 6.45) is 9.34. The van der Waals surface area contributed by atoms with Crippen LogP contribution in [0.25, 0.3) is 0 Å². The molecule has 5 nitrogen and oxygen atoms in total. The van der Waals surface area contributed by atoms with Gasteiger partial charge in [0.15, 0.2) is 10.0 Å². The van der Waals surface area contributed by atoms with Crippen LogP contribution in [0.2, 0.25) is 0 Å². The summed E-state index contributed by atoms with van der Waals surface area (Å²) in [5.41, 5.74) is 1.22. The first-order valence-electron chi connectivity index (χ1n) is 9.70. The predicted octanol–water partition coefficient (Wildman–Crippen LogP) is 4.97. The van der Waals surface area contributed by atoms with E-state index >= 15 is 0 Å². The fourth-order valence-electron chi connectivity index (χ4n) is 3.40. The molecule has 0 saturated heterocycles. The normalized spacial score (nSPS) is 20.7. The molecule has 2 N–H and O–H groups in total. The van der Waals surface area contributed by atoms with Crippen molar-refractivity contribution in [1.29, 1.82) is 0 Å². The highest BCUT2D eigenvalue weighted by atomic mass is 32.2. The Morgan fingerprint density at radius 2 is 2.32 bits per heavy atom. The predicted molar refractivity (Wildman–Crippen MR) is 114 cm³/mol. The van der Waals surface area contributed by atoms with Crippen LogP contribution < -0.4 is 0 Å². The van der Waals surface area contributed by atoms with Crippen LogP contribution in [0.5, 0.6) is 0 Å². The molecule has 28 heavy (non-hydrogen) atoms. The molecular weight excluding hydrogens is 394 g/mol. The molecule has 1 aromatic heterocycles. The van der Waals surface area contributed by atoms with Gasteiger partial charge in [-0.05, 0) is 51.4 Å². The average molecular weight is 424 g/mol. The number of Topliss-reactive ketones (excluding diaryl/α,β-unsaturated/α-hetero) is 1. The minimum absolute atomic E-state index is 0.0169. The van der Waals surface area contributed by atoms with Gasteiger partial charge in [0.05, 0.1) is 6.10 Å². The highest BCUT2D eigenvalue weighted by molar-refractivity contribution is 8.01. The van der Waals surface area contributed by atoms with Gasteiger partial charge in [0, 0.05) is 23.5 Å². The van der Waals surface area contributed by atoms with E-state index in [1.54, 1.807) is 5.38 Å². The van der Waals surface area contributed by atoms with E-state index < -0.39 is 5.97 Å². The number of nitrogens with zero attached hydrogens (tertiary/aromatic N) is 1. The van der Waals surface area contributed by atoms with Crippen LogP contribution in [-0.4, -0.2) is 38.8 Å². The SMILES string of the molecule is C=C(C)CCCC(O)CC=CC1CCC(=O)C1CCSc1nc(C(=O)O)cs1. The number of carboxylic acid groups (broad SMARTS) is 1. The Labute approximate surface area is 175 Å². The Bertz CT molecular complexity index is 713. The van der Waals surface area contributed by atoms with E-state index in [1.165, 1.54) is 23.1 Å². The quantitative estimate of drug-likeness (QED) is 0.364. The molecule has 1 fully saturated rings. The van der Waals surface area contributed by atoms with Crippen LogP contribution >= 0.6 is 23.1 Å². The maximum atomic E-state index is 12.2. The summed E-state index contributed by atoms with van der Waals surface area (Å²) in [6.45, 7) is 5.88. The van der Waals surface area contributed by atoms with Crippen LogP contribution in [-0.2, 0) is 4.79 Å². The van der Waals surface area contributed by atoms with Gasteiger partial charge >= 0.3 is 5.97 Å². The number of carbonyl (C=O) groups excluding carboxylic acids is 1. The molecule has 1 saturated carbocycles. The molecule has 3 unspecified atom stereocenters. The first-order valence-corrected chi connectivity index (χ1v) is 11.6. The molecule has 0 bridgehead atoms. The fourth-order valence-corrected chi connectivity index (χ4v) is 5.30. The van der Waals surface area contributed by atoms with Crippen molar-refractivity contribution < 1.29 is 19.8 Å². The van der Waals surface area contributed by atoms with Crippen molar-refractivity contribution >= 4 is 34.9 Å². The van der Waals surface area contributed by atoms with Crippen molar-refractivity contribution in [3.05, 3.63) is 35.4 Å². The molecule has 0 aliphatic heterocycles. The Balaban J connectivity index is 1.75. The number of aromatic nitrogens is 1. The summed E-state index contributed by atoms with van der Waals surface area (Å²) in [5.74, 6) is 0.296. The number of thiazole rings is 1. The molecule has 0 spiro atoms. The number of rotatable bonds is 12. The van der Waals surface area contributed by atoms with Crippen LogP contribution in [0.15, 0.2) is 34.0 Å². The van der Waals surface area contributed by atoms with Gasteiger partial charge in [0.1, 0.15) is 5.78 Å². The van der Waals surface area contributed by atoms with Crippen LogP contribution in [0.3, 0.4) is 0 Å². The van der Waals surface area contributed by atoms with Gasteiger partial charge in [0.2, 0.25) is 0 Å². The molecule has 1 heterocycles. The topological polar surface area (TPSA) is 87.5 Å². The van der Waals surface area contributed by atoms with Gasteiger partial charge in [-0.3, -0.25) is 4.79 Å². The number of aliphatic hydroxyl groups is 1. The summed E-state index contributed by atoms with van der Waals surface area (Å²) in [7, 11) is 0. The average Bonchev–Trinajstić information content (AvgIpc) is 3.23. The Morgan fingerprint density at radius 3 is 3.00 bits per heavy atom. The number of carboxylic acids is 1. The number of allylic oxidation sites excluding steroid dienone is 2. The summed E-state index contributed by atoms with van der Waals surface area (Å²) in [4.78, 5) is 27.2. The van der Waals surface area contributed by atoms with Crippen molar-refractivity contribution in [2.75, 3.05) is 5.75 Å². The number of thioether (sulfide) groups is 1. The maximum Gasteiger partial charge on any atom is 0.355 e. The second kappa shape index (κ2) is 11.5. The van der Waals surface area contributed by atoms with Crippen molar-refractivity contribution in [1.82, 2.24) is 4.98 Å². The van der Waals surface area contributed by atoms with E-state index in [4.69, 9.17) is 5.11 Å². The molecule has 1 aliphatic carbocycles. The second-order valence-electron chi connectivity index (χ2n) is 7.38. The lowest BCUT2D eigenvalue weighted by molar-refractivity contribution is -0.121. The fraction of sp³-hybridized carbons (Fsp3) is 0.571. The van der Waals surface area contributed by atoms with Gasteiger partial charge in [0.25, 0.3) is 0 Å². The molecule has 1 aliphatic rings. The highest BCUT2D eigenvalue weighted by Gasteiger charge is 2.32. The van der Waals surface area contributed by atoms with Gasteiger partial charge < -0.3 is 10.2 Å². The zero-order chi connectivity index (χ0) is 20.5. The summed E-state index contributed by atoms with van der Waals surface area (Å²) < 4.78 is 0.729. The zero-order valence-electron chi connectivity index (χ0n) is 16.3. The minimum Gasteiger partial charge on any atom is -0.476 e. The standard InChI is InChI=1S/C21H29NO4S2/c1-14(2)5-3-7-16(23)8-4-6-15-9-10-19(24)17(15)11-12-27-21-22-18(13-28-21)20(25)26/h4,6,13,15-17,23H,1,3,5,7-12H2,2H3,(H,25,26). The van der Waals surface area contributed by atoms with E-state index in [0.717, 1.165) is 47.8 Å². The Hall–Kier alpha value is -1.44. The van der Waals surface area contributed by atoms with E-state index in [9.17, 15) is 14.7 Å². The zero-order valence-corrected chi connectivity index (χ0v) is 17.9. The van der Waals surface area contributed by atoms with E-state index in [2.05, 4.69) is 17.6 Å². The number of aliphatic hydroxyl groups excluding tert-OH is 1. The number of carbonyl (C=O) groups is 2. The molecule has 0 aromatic carbocycles. The monoisotopic (exact) mass is 423 g/mol. The number of aromatic carboxylic acids is 1. The van der Waals surface area contributed by atoms with Gasteiger partial charge in [-0.15, -0.1) is 17.9 Å². The van der Waals surface area contributed by atoms with Crippen molar-refractivity contribution in [3.8, 4) is 0 Å². The molecule has 2 rings (SSSR count). The maximum absolute atomic E-state index is 12.2. The number of hydrogen-bond acceptors (Lipinski definition) is 6. The minimum atomic E-state index is -1.01. The van der Waals surface area contributed by atoms with E-state index in [-0.39, 0.29) is 23.6 Å². The smallest absolute Gasteiger partial charge is 0.355 e. The summed E-state index contributed by atoms with van der Waals surface area (Å²) in [5, 5.41) is 20.5. The van der Waals surface area contributed by atoms with E-state index in [0.29, 0.717) is 18.6 Å². The third-order valence-electron chi connectivity index (χ3n) is 4.94. The van der Waals surface area contributed by atoms with Crippen LogP contribution in [0.1, 0.15) is 62.4 Å². The van der Waals surface area contributed by atoms with Gasteiger partial charge in [-0.25, -0.2) is 9.78 Å². The molecule has 0 radical (unpaired) electrons. The van der Waals surface area contributed by atoms with Crippen molar-refractivity contribution in [3.63, 3.8) is 0 Å². The van der Waals surface area contributed by atoms with Crippen molar-refractivity contribution in [2.24, 2.45) is 11.8 Å². The molecular formula is C21H29NO4S2. The lowest BCUT2D eigenvalue weighted by atomic mass is 9.92. The summed E-state index contributed by atoms with van der Waals surface area (Å²) in [6, 6.07) is 0. The number of ketones is 1. The largest absolute Gasteiger partial charge is 0.476 e. The highest BCUT2D eigenvalue weighted by Crippen LogP contribution is 2.34. The Morgan fingerprint density at radius 1 is 1.54 bits per heavy atom. The molecule has 7 heteroatoms. The van der Waals surface area contributed by atoms with Gasteiger partial charge in [-0.1, -0.05) is 29.5 Å². The third kappa shape index (κ3) is 7.53. The lowest BCUT2D eigenvalue weighted by Crippen LogP contribution is -2.14. The second-order valence-corrected chi connectivity index (χ2v) is 9.58. The number of hydrogen-bond donors (Lipinski definition) is 2. The van der Waals surface area contributed by atoms with E-state index in [1.807, 2.05) is 13.0 Å². The Kier molecular flexibility index (Phi) is 9.41. The van der Waals surface area contributed by atoms with Crippen LogP contribution in [0, 0.1) is 11.8 Å². The van der Waals surface area contributed by atoms with Gasteiger partial charge in [-0.2, -0.15) is 0 Å². The molecule has 0 amide bonds. The first-order chi connectivity index (χ1) is 13.4. The molecule has 3 atom stereocenters. The molecule has 1 aromatic rings. The first kappa shape index (κ1) is 22.8. The lowest BCUT2D eigenvalue weighted by Gasteiger charge is -2.15. The van der Waals surface area contributed by atoms with Crippen molar-refractivity contribution in [2.45, 2.75) is 62.3 Å². The molecule has 154 valence electrons.